The van der Waals surface area contributed by atoms with Crippen molar-refractivity contribution in [2.75, 3.05) is 46.9 Å². The highest BCUT2D eigenvalue weighted by atomic mass is 32.2. The maximum absolute atomic E-state index is 12.5. The number of ether oxygens (including phenoxy) is 1. The van der Waals surface area contributed by atoms with Crippen LogP contribution in [0.3, 0.4) is 0 Å². The first-order valence-corrected chi connectivity index (χ1v) is 9.37. The van der Waals surface area contributed by atoms with Crippen molar-refractivity contribution in [3.63, 3.8) is 0 Å². The van der Waals surface area contributed by atoms with Gasteiger partial charge in [-0.2, -0.15) is 17.0 Å². The Hall–Kier alpha value is -0.210. The molecule has 1 N–H and O–H groups in total. The Morgan fingerprint density at radius 3 is 2.48 bits per heavy atom. The summed E-state index contributed by atoms with van der Waals surface area (Å²) in [6.07, 6.45) is 5.27. The summed E-state index contributed by atoms with van der Waals surface area (Å²) in [6.45, 7) is 3.44. The van der Waals surface area contributed by atoms with Crippen LogP contribution in [-0.2, 0) is 14.9 Å². The molecule has 2 aliphatic rings. The van der Waals surface area contributed by atoms with Crippen LogP contribution in [0.1, 0.15) is 32.1 Å². The van der Waals surface area contributed by atoms with Crippen molar-refractivity contribution in [2.24, 2.45) is 5.92 Å². The van der Waals surface area contributed by atoms with Gasteiger partial charge in [-0.3, -0.25) is 0 Å². The molecule has 0 amide bonds. The zero-order valence-corrected chi connectivity index (χ0v) is 14.1. The average molecular weight is 319 g/mol. The number of hydrogen-bond donors (Lipinski definition) is 1. The Balaban J connectivity index is 1.73. The SMILES string of the molecule is COCCCN(C)S(=O)(=O)N1CCC(CNC2CC2)CC1. The summed E-state index contributed by atoms with van der Waals surface area (Å²) in [5.41, 5.74) is 0. The zero-order chi connectivity index (χ0) is 15.3. The van der Waals surface area contributed by atoms with Crippen molar-refractivity contribution in [1.82, 2.24) is 13.9 Å². The van der Waals surface area contributed by atoms with Crippen molar-refractivity contribution in [3.8, 4) is 0 Å². The van der Waals surface area contributed by atoms with Crippen LogP contribution in [0.15, 0.2) is 0 Å². The van der Waals surface area contributed by atoms with Gasteiger partial charge in [-0.05, 0) is 44.6 Å². The zero-order valence-electron chi connectivity index (χ0n) is 13.3. The third-order valence-corrected chi connectivity index (χ3v) is 6.38. The molecule has 0 bridgehead atoms. The van der Waals surface area contributed by atoms with Gasteiger partial charge in [0, 0.05) is 46.4 Å². The Bertz CT molecular complexity index is 404. The molecular weight excluding hydrogens is 290 g/mol. The first-order valence-electron chi connectivity index (χ1n) is 7.97. The maximum atomic E-state index is 12.5. The van der Waals surface area contributed by atoms with Crippen LogP contribution >= 0.6 is 0 Å². The van der Waals surface area contributed by atoms with Gasteiger partial charge < -0.3 is 10.1 Å². The molecule has 1 aliphatic carbocycles. The second-order valence-corrected chi connectivity index (χ2v) is 8.24. The standard InChI is InChI=1S/C14H29N3O3S/c1-16(8-3-11-20-2)21(18,19)17-9-6-13(7-10-17)12-15-14-4-5-14/h13-15H,3-12H2,1-2H3. The van der Waals surface area contributed by atoms with Crippen LogP contribution in [0.2, 0.25) is 0 Å². The smallest absolute Gasteiger partial charge is 0.281 e. The summed E-state index contributed by atoms with van der Waals surface area (Å²) in [7, 11) is -0.00181. The minimum absolute atomic E-state index is 0.513. The molecular formula is C14H29N3O3S. The van der Waals surface area contributed by atoms with Crippen LogP contribution in [0, 0.1) is 5.92 Å². The molecule has 124 valence electrons. The van der Waals surface area contributed by atoms with E-state index in [2.05, 4.69) is 5.32 Å². The molecule has 0 aromatic rings. The van der Waals surface area contributed by atoms with Crippen LogP contribution < -0.4 is 5.32 Å². The quantitative estimate of drug-likeness (QED) is 0.634. The highest BCUT2D eigenvalue weighted by molar-refractivity contribution is 7.86. The van der Waals surface area contributed by atoms with Crippen LogP contribution in [0.5, 0.6) is 0 Å². The summed E-state index contributed by atoms with van der Waals surface area (Å²) >= 11 is 0. The third-order valence-electron chi connectivity index (χ3n) is 4.39. The van der Waals surface area contributed by atoms with Gasteiger partial charge in [-0.25, -0.2) is 0 Å². The second-order valence-electron chi connectivity index (χ2n) is 6.20. The van der Waals surface area contributed by atoms with Gasteiger partial charge in [0.05, 0.1) is 0 Å². The van der Waals surface area contributed by atoms with Crippen LogP contribution in [-0.4, -0.2) is 70.0 Å². The Morgan fingerprint density at radius 1 is 1.24 bits per heavy atom. The Morgan fingerprint density at radius 2 is 1.90 bits per heavy atom. The van der Waals surface area contributed by atoms with E-state index >= 15 is 0 Å². The lowest BCUT2D eigenvalue weighted by Crippen LogP contribution is -2.47. The van der Waals surface area contributed by atoms with Crippen LogP contribution in [0.4, 0.5) is 0 Å². The van der Waals surface area contributed by atoms with Crippen molar-refractivity contribution in [1.29, 1.82) is 0 Å². The largest absolute Gasteiger partial charge is 0.385 e. The fourth-order valence-electron chi connectivity index (χ4n) is 2.71. The molecule has 1 saturated carbocycles. The third kappa shape index (κ3) is 5.17. The van der Waals surface area contributed by atoms with Crippen LogP contribution in [0.25, 0.3) is 0 Å². The highest BCUT2D eigenvalue weighted by Crippen LogP contribution is 2.23. The highest BCUT2D eigenvalue weighted by Gasteiger charge is 2.31. The van der Waals surface area contributed by atoms with E-state index in [-0.39, 0.29) is 0 Å². The summed E-state index contributed by atoms with van der Waals surface area (Å²) in [5.74, 6) is 0.621. The van der Waals surface area contributed by atoms with E-state index in [1.807, 2.05) is 0 Å². The lowest BCUT2D eigenvalue weighted by molar-refractivity contribution is 0.187. The number of hydrogen-bond acceptors (Lipinski definition) is 4. The predicted octanol–water partition coefficient (Wildman–Crippen LogP) is 0.664. The van der Waals surface area contributed by atoms with E-state index in [0.29, 0.717) is 32.2 Å². The van der Waals surface area contributed by atoms with Gasteiger partial charge in [-0.1, -0.05) is 0 Å². The second kappa shape index (κ2) is 7.87. The van der Waals surface area contributed by atoms with E-state index in [9.17, 15) is 8.42 Å². The van der Waals surface area contributed by atoms with Crippen molar-refractivity contribution < 1.29 is 13.2 Å². The number of rotatable bonds is 9. The van der Waals surface area contributed by atoms with E-state index in [0.717, 1.165) is 31.8 Å². The van der Waals surface area contributed by atoms with E-state index < -0.39 is 10.2 Å². The van der Waals surface area contributed by atoms with Gasteiger partial charge in [0.15, 0.2) is 0 Å². The number of piperidine rings is 1. The molecule has 0 radical (unpaired) electrons. The molecule has 0 aromatic carbocycles. The molecule has 0 spiro atoms. The van der Waals surface area contributed by atoms with E-state index in [1.54, 1.807) is 18.5 Å². The lowest BCUT2D eigenvalue weighted by Gasteiger charge is -2.33. The molecule has 1 heterocycles. The minimum atomic E-state index is -3.29. The minimum Gasteiger partial charge on any atom is -0.385 e. The summed E-state index contributed by atoms with van der Waals surface area (Å²) in [6, 6.07) is 0.735. The fraction of sp³-hybridized carbons (Fsp3) is 1.00. The molecule has 0 aromatic heterocycles. The Labute approximate surface area is 129 Å². The topological polar surface area (TPSA) is 61.9 Å². The van der Waals surface area contributed by atoms with Gasteiger partial charge in [0.25, 0.3) is 10.2 Å². The molecule has 7 heteroatoms. The van der Waals surface area contributed by atoms with Crippen molar-refractivity contribution in [2.45, 2.75) is 38.1 Å². The summed E-state index contributed by atoms with van der Waals surface area (Å²) in [5, 5.41) is 3.54. The van der Waals surface area contributed by atoms with Gasteiger partial charge in [0.1, 0.15) is 0 Å². The fourth-order valence-corrected chi connectivity index (χ4v) is 4.14. The normalized spacial score (nSPS) is 22.0. The molecule has 1 aliphatic heterocycles. The molecule has 1 saturated heterocycles. The van der Waals surface area contributed by atoms with E-state index in [1.165, 1.54) is 17.1 Å². The number of methoxy groups -OCH3 is 1. The molecule has 2 rings (SSSR count). The van der Waals surface area contributed by atoms with Gasteiger partial charge in [0.2, 0.25) is 0 Å². The van der Waals surface area contributed by atoms with Crippen molar-refractivity contribution >= 4 is 10.2 Å². The summed E-state index contributed by atoms with van der Waals surface area (Å²) < 4.78 is 33.0. The first-order chi connectivity index (χ1) is 10.0. The van der Waals surface area contributed by atoms with Crippen molar-refractivity contribution in [3.05, 3.63) is 0 Å². The lowest BCUT2D eigenvalue weighted by atomic mass is 9.98. The molecule has 21 heavy (non-hydrogen) atoms. The monoisotopic (exact) mass is 319 g/mol. The molecule has 0 atom stereocenters. The summed E-state index contributed by atoms with van der Waals surface area (Å²) in [4.78, 5) is 0. The predicted molar refractivity (Wildman–Crippen MR) is 83.4 cm³/mol. The maximum Gasteiger partial charge on any atom is 0.281 e. The van der Waals surface area contributed by atoms with E-state index in [4.69, 9.17) is 4.74 Å². The van der Waals surface area contributed by atoms with Gasteiger partial charge >= 0.3 is 0 Å². The molecule has 2 fully saturated rings. The number of nitrogens with one attached hydrogen (secondary N) is 1. The first kappa shape index (κ1) is 17.1. The average Bonchev–Trinajstić information content (AvgIpc) is 3.30. The Kier molecular flexibility index (Phi) is 6.43. The number of nitrogens with zero attached hydrogens (tertiary/aromatic N) is 2. The molecule has 6 nitrogen and oxygen atoms in total. The molecule has 0 unspecified atom stereocenters. The van der Waals surface area contributed by atoms with Gasteiger partial charge in [-0.15, -0.1) is 0 Å².